The Morgan fingerprint density at radius 1 is 1.39 bits per heavy atom. The highest BCUT2D eigenvalue weighted by atomic mass is 15.2. The molecular formula is C15H23N3. The second-order valence-corrected chi connectivity index (χ2v) is 5.58. The molecule has 1 N–H and O–H groups in total. The van der Waals surface area contributed by atoms with Crippen LogP contribution in [0.4, 0.5) is 5.82 Å². The van der Waals surface area contributed by atoms with Crippen LogP contribution in [0.3, 0.4) is 0 Å². The van der Waals surface area contributed by atoms with Crippen LogP contribution in [0.15, 0.2) is 18.3 Å². The largest absolute Gasteiger partial charge is 0.354 e. The Bertz CT molecular complexity index is 400. The summed E-state index contributed by atoms with van der Waals surface area (Å²) in [4.78, 5) is 7.05. The van der Waals surface area contributed by atoms with Crippen LogP contribution in [0.25, 0.3) is 0 Å². The molecule has 1 atom stereocenters. The third kappa shape index (κ3) is 2.66. The number of pyridine rings is 1. The van der Waals surface area contributed by atoms with E-state index < -0.39 is 0 Å². The van der Waals surface area contributed by atoms with Crippen LogP contribution in [-0.4, -0.2) is 23.6 Å². The smallest absolute Gasteiger partial charge is 0.129 e. The van der Waals surface area contributed by atoms with Gasteiger partial charge in [-0.15, -0.1) is 0 Å². The van der Waals surface area contributed by atoms with Crippen LogP contribution in [-0.2, 0) is 6.54 Å². The minimum atomic E-state index is 0.698. The fourth-order valence-corrected chi connectivity index (χ4v) is 2.84. The Morgan fingerprint density at radius 2 is 2.28 bits per heavy atom. The van der Waals surface area contributed by atoms with Gasteiger partial charge in [0, 0.05) is 31.4 Å². The van der Waals surface area contributed by atoms with Crippen molar-refractivity contribution in [3.63, 3.8) is 0 Å². The predicted molar refractivity (Wildman–Crippen MR) is 74.8 cm³/mol. The lowest BCUT2D eigenvalue weighted by Crippen LogP contribution is -2.29. The standard InChI is InChI=1S/C15H23N3/c1-2-14-4-3-9-18(14)15-10-12(7-8-16-15)11-17-13-5-6-13/h7-8,10,13-14,17H,2-6,9,11H2,1H3. The minimum Gasteiger partial charge on any atom is -0.354 e. The first-order chi connectivity index (χ1) is 8.86. The van der Waals surface area contributed by atoms with E-state index in [-0.39, 0.29) is 0 Å². The van der Waals surface area contributed by atoms with E-state index in [9.17, 15) is 0 Å². The molecule has 0 aromatic carbocycles. The molecule has 1 saturated carbocycles. The molecule has 3 heteroatoms. The maximum Gasteiger partial charge on any atom is 0.129 e. The Kier molecular flexibility index (Phi) is 3.50. The molecule has 3 nitrogen and oxygen atoms in total. The molecule has 1 aromatic rings. The molecule has 0 bridgehead atoms. The zero-order valence-electron chi connectivity index (χ0n) is 11.2. The quantitative estimate of drug-likeness (QED) is 0.864. The number of hydrogen-bond acceptors (Lipinski definition) is 3. The van der Waals surface area contributed by atoms with Crippen molar-refractivity contribution >= 4 is 5.82 Å². The van der Waals surface area contributed by atoms with E-state index in [1.807, 2.05) is 6.20 Å². The minimum absolute atomic E-state index is 0.698. The van der Waals surface area contributed by atoms with Crippen LogP contribution < -0.4 is 10.2 Å². The monoisotopic (exact) mass is 245 g/mol. The van der Waals surface area contributed by atoms with Crippen LogP contribution in [0.1, 0.15) is 44.6 Å². The first kappa shape index (κ1) is 12.0. The van der Waals surface area contributed by atoms with Gasteiger partial charge >= 0.3 is 0 Å². The lowest BCUT2D eigenvalue weighted by Gasteiger charge is -2.25. The molecule has 1 aliphatic carbocycles. The molecule has 1 aliphatic heterocycles. The van der Waals surface area contributed by atoms with Crippen molar-refractivity contribution < 1.29 is 0 Å². The third-order valence-corrected chi connectivity index (χ3v) is 4.12. The molecule has 2 aliphatic rings. The van der Waals surface area contributed by atoms with Crippen molar-refractivity contribution in [1.82, 2.24) is 10.3 Å². The zero-order chi connectivity index (χ0) is 12.4. The molecule has 3 rings (SSSR count). The summed E-state index contributed by atoms with van der Waals surface area (Å²) >= 11 is 0. The van der Waals surface area contributed by atoms with Gasteiger partial charge in [0.15, 0.2) is 0 Å². The number of nitrogens with one attached hydrogen (secondary N) is 1. The van der Waals surface area contributed by atoms with Crippen molar-refractivity contribution in [2.45, 2.75) is 57.7 Å². The summed E-state index contributed by atoms with van der Waals surface area (Å²) in [5, 5.41) is 3.57. The maximum atomic E-state index is 4.56. The molecule has 1 aromatic heterocycles. The maximum absolute atomic E-state index is 4.56. The summed E-state index contributed by atoms with van der Waals surface area (Å²) in [6.07, 6.45) is 8.52. The molecular weight excluding hydrogens is 222 g/mol. The summed E-state index contributed by atoms with van der Waals surface area (Å²) in [6.45, 7) is 4.44. The van der Waals surface area contributed by atoms with Crippen LogP contribution in [0.2, 0.25) is 0 Å². The van der Waals surface area contributed by atoms with Crippen molar-refractivity contribution in [3.8, 4) is 0 Å². The summed E-state index contributed by atoms with van der Waals surface area (Å²) in [5.74, 6) is 1.18. The van der Waals surface area contributed by atoms with Crippen LogP contribution in [0.5, 0.6) is 0 Å². The van der Waals surface area contributed by atoms with Gasteiger partial charge in [-0.1, -0.05) is 6.92 Å². The molecule has 0 amide bonds. The van der Waals surface area contributed by atoms with Gasteiger partial charge in [0.2, 0.25) is 0 Å². The molecule has 2 heterocycles. The van der Waals surface area contributed by atoms with Crippen molar-refractivity contribution in [3.05, 3.63) is 23.9 Å². The van der Waals surface area contributed by atoms with Gasteiger partial charge in [0.05, 0.1) is 0 Å². The predicted octanol–water partition coefficient (Wildman–Crippen LogP) is 2.71. The van der Waals surface area contributed by atoms with Gasteiger partial charge in [-0.25, -0.2) is 4.98 Å². The SMILES string of the molecule is CCC1CCCN1c1cc(CNC2CC2)ccn1. The lowest BCUT2D eigenvalue weighted by atomic mass is 10.1. The summed E-state index contributed by atoms with van der Waals surface area (Å²) in [7, 11) is 0. The number of anilines is 1. The highest BCUT2D eigenvalue weighted by Crippen LogP contribution is 2.26. The van der Waals surface area contributed by atoms with E-state index in [0.29, 0.717) is 6.04 Å². The summed E-state index contributed by atoms with van der Waals surface area (Å²) < 4.78 is 0. The number of hydrogen-bond donors (Lipinski definition) is 1. The fraction of sp³-hybridized carbons (Fsp3) is 0.667. The van der Waals surface area contributed by atoms with E-state index in [2.05, 4.69) is 34.3 Å². The van der Waals surface area contributed by atoms with Crippen molar-refractivity contribution in [2.75, 3.05) is 11.4 Å². The van der Waals surface area contributed by atoms with Gasteiger partial charge in [-0.3, -0.25) is 0 Å². The van der Waals surface area contributed by atoms with Gasteiger partial charge < -0.3 is 10.2 Å². The Hall–Kier alpha value is -1.09. The molecule has 1 saturated heterocycles. The first-order valence-corrected chi connectivity index (χ1v) is 7.32. The lowest BCUT2D eigenvalue weighted by molar-refractivity contribution is 0.639. The van der Waals surface area contributed by atoms with Crippen LogP contribution >= 0.6 is 0 Å². The first-order valence-electron chi connectivity index (χ1n) is 7.32. The van der Waals surface area contributed by atoms with E-state index in [4.69, 9.17) is 0 Å². The Balaban J connectivity index is 1.68. The van der Waals surface area contributed by atoms with Gasteiger partial charge in [0.25, 0.3) is 0 Å². The van der Waals surface area contributed by atoms with E-state index in [1.165, 1.54) is 50.0 Å². The second-order valence-electron chi connectivity index (χ2n) is 5.58. The molecule has 2 fully saturated rings. The van der Waals surface area contributed by atoms with Gasteiger partial charge in [-0.05, 0) is 49.8 Å². The van der Waals surface area contributed by atoms with Crippen LogP contribution in [0, 0.1) is 0 Å². The number of aromatic nitrogens is 1. The number of nitrogens with zero attached hydrogens (tertiary/aromatic N) is 2. The average molecular weight is 245 g/mol. The highest BCUT2D eigenvalue weighted by molar-refractivity contribution is 5.43. The number of rotatable bonds is 5. The van der Waals surface area contributed by atoms with Gasteiger partial charge in [0.1, 0.15) is 5.82 Å². The Morgan fingerprint density at radius 3 is 3.06 bits per heavy atom. The van der Waals surface area contributed by atoms with E-state index in [0.717, 1.165) is 12.6 Å². The normalized spacial score (nSPS) is 23.6. The zero-order valence-corrected chi connectivity index (χ0v) is 11.2. The van der Waals surface area contributed by atoms with E-state index >= 15 is 0 Å². The summed E-state index contributed by atoms with van der Waals surface area (Å²) in [6, 6.07) is 5.88. The molecule has 1 unspecified atom stereocenters. The van der Waals surface area contributed by atoms with Gasteiger partial charge in [-0.2, -0.15) is 0 Å². The van der Waals surface area contributed by atoms with Crippen molar-refractivity contribution in [1.29, 1.82) is 0 Å². The molecule has 18 heavy (non-hydrogen) atoms. The second kappa shape index (κ2) is 5.27. The topological polar surface area (TPSA) is 28.2 Å². The third-order valence-electron chi connectivity index (χ3n) is 4.12. The molecule has 0 spiro atoms. The molecule has 98 valence electrons. The summed E-state index contributed by atoms with van der Waals surface area (Å²) in [5.41, 5.74) is 1.37. The van der Waals surface area contributed by atoms with Crippen molar-refractivity contribution in [2.24, 2.45) is 0 Å². The highest BCUT2D eigenvalue weighted by Gasteiger charge is 2.24. The molecule has 0 radical (unpaired) electrons. The Labute approximate surface area is 110 Å². The van der Waals surface area contributed by atoms with E-state index in [1.54, 1.807) is 0 Å². The fourth-order valence-electron chi connectivity index (χ4n) is 2.84. The average Bonchev–Trinajstić information content (AvgIpc) is 3.12.